The highest BCUT2D eigenvalue weighted by Crippen LogP contribution is 2.38. The van der Waals surface area contributed by atoms with Gasteiger partial charge in [0.2, 0.25) is 0 Å². The second-order valence-corrected chi connectivity index (χ2v) is 7.92. The van der Waals surface area contributed by atoms with E-state index in [4.69, 9.17) is 20.9 Å². The van der Waals surface area contributed by atoms with E-state index >= 15 is 0 Å². The number of benzene rings is 2. The van der Waals surface area contributed by atoms with Crippen molar-refractivity contribution in [2.24, 2.45) is 0 Å². The van der Waals surface area contributed by atoms with Gasteiger partial charge in [0.25, 0.3) is 0 Å². The first-order chi connectivity index (χ1) is 11.8. The maximum Gasteiger partial charge on any atom is 0.496 e. The number of fused-ring (bicyclic) bond motifs is 1. The fourth-order valence-corrected chi connectivity index (χ4v) is 3.55. The summed E-state index contributed by atoms with van der Waals surface area (Å²) in [5.74, 6) is 0. The summed E-state index contributed by atoms with van der Waals surface area (Å²) in [5, 5.41) is 1.82. The molecule has 1 saturated heterocycles. The van der Waals surface area contributed by atoms with Crippen molar-refractivity contribution in [2.75, 3.05) is 0 Å². The van der Waals surface area contributed by atoms with Gasteiger partial charge in [-0.3, -0.25) is 0 Å². The number of aromatic amines is 1. The number of rotatable bonds is 2. The van der Waals surface area contributed by atoms with Crippen molar-refractivity contribution in [3.05, 3.63) is 53.7 Å². The molecule has 5 heteroatoms. The number of hydrogen-bond donors (Lipinski definition) is 1. The quantitative estimate of drug-likeness (QED) is 0.672. The Labute approximate surface area is 153 Å². The summed E-state index contributed by atoms with van der Waals surface area (Å²) in [5.41, 5.74) is 3.26. The molecule has 128 valence electrons. The molecule has 25 heavy (non-hydrogen) atoms. The van der Waals surface area contributed by atoms with Crippen LogP contribution in [0, 0.1) is 0 Å². The summed E-state index contributed by atoms with van der Waals surface area (Å²) in [6, 6.07) is 14.3. The molecule has 0 saturated carbocycles. The van der Waals surface area contributed by atoms with Crippen molar-refractivity contribution in [1.82, 2.24) is 4.98 Å². The molecule has 0 radical (unpaired) electrons. The van der Waals surface area contributed by atoms with Crippen LogP contribution >= 0.6 is 11.6 Å². The van der Waals surface area contributed by atoms with E-state index in [0.29, 0.717) is 5.02 Å². The van der Waals surface area contributed by atoms with Gasteiger partial charge in [-0.05, 0) is 45.4 Å². The summed E-state index contributed by atoms with van der Waals surface area (Å²) >= 11 is 6.81. The molecule has 0 spiro atoms. The van der Waals surface area contributed by atoms with Crippen molar-refractivity contribution < 1.29 is 9.31 Å². The number of H-pyrrole nitrogens is 1. The Balaban J connectivity index is 1.81. The molecule has 0 atom stereocenters. The third-order valence-corrected chi connectivity index (χ3v) is 5.84. The Morgan fingerprint density at radius 2 is 1.52 bits per heavy atom. The van der Waals surface area contributed by atoms with E-state index in [9.17, 15) is 0 Å². The van der Waals surface area contributed by atoms with Gasteiger partial charge in [-0.1, -0.05) is 41.9 Å². The van der Waals surface area contributed by atoms with Gasteiger partial charge >= 0.3 is 7.12 Å². The van der Waals surface area contributed by atoms with E-state index in [2.05, 4.69) is 23.2 Å². The lowest BCUT2D eigenvalue weighted by atomic mass is 9.77. The van der Waals surface area contributed by atoms with Crippen LogP contribution in [0.15, 0.2) is 48.7 Å². The Kier molecular flexibility index (Phi) is 3.76. The van der Waals surface area contributed by atoms with Crippen LogP contribution in [0.4, 0.5) is 0 Å². The third-order valence-electron chi connectivity index (χ3n) is 5.42. The molecule has 1 aliphatic heterocycles. The second kappa shape index (κ2) is 5.63. The molecule has 0 aliphatic carbocycles. The fraction of sp³-hybridized carbons (Fsp3) is 0.300. The maximum absolute atomic E-state index is 6.81. The van der Waals surface area contributed by atoms with Crippen molar-refractivity contribution in [3.8, 4) is 11.1 Å². The fourth-order valence-electron chi connectivity index (χ4n) is 3.23. The number of aromatic nitrogens is 1. The first-order valence-corrected chi connectivity index (χ1v) is 8.88. The average Bonchev–Trinajstić information content (AvgIpc) is 3.10. The highest BCUT2D eigenvalue weighted by Gasteiger charge is 2.52. The number of nitrogens with one attached hydrogen (secondary N) is 1. The Bertz CT molecular complexity index is 932. The molecule has 1 fully saturated rings. The van der Waals surface area contributed by atoms with E-state index < -0.39 is 18.3 Å². The standard InChI is InChI=1S/C20H21BClNO2/c1-19(2)20(3,4)25-21(24-19)16-9-5-8-15(18(16)22)13-7-6-10-17-14(13)11-12-23-17/h5-12,23H,1-4H3. The van der Waals surface area contributed by atoms with Gasteiger partial charge < -0.3 is 14.3 Å². The maximum atomic E-state index is 6.81. The smallest absolute Gasteiger partial charge is 0.399 e. The van der Waals surface area contributed by atoms with Crippen LogP contribution in [0.2, 0.25) is 5.02 Å². The van der Waals surface area contributed by atoms with Gasteiger partial charge in [-0.15, -0.1) is 0 Å². The molecular weight excluding hydrogens is 332 g/mol. The molecule has 3 nitrogen and oxygen atoms in total. The summed E-state index contributed by atoms with van der Waals surface area (Å²) in [6.45, 7) is 8.19. The highest BCUT2D eigenvalue weighted by atomic mass is 35.5. The largest absolute Gasteiger partial charge is 0.496 e. The van der Waals surface area contributed by atoms with Crippen LogP contribution < -0.4 is 5.46 Å². The highest BCUT2D eigenvalue weighted by molar-refractivity contribution is 6.66. The van der Waals surface area contributed by atoms with Crippen LogP contribution in [0.3, 0.4) is 0 Å². The zero-order valence-electron chi connectivity index (χ0n) is 14.9. The van der Waals surface area contributed by atoms with Crippen LogP contribution in [0.25, 0.3) is 22.0 Å². The summed E-state index contributed by atoms with van der Waals surface area (Å²) in [7, 11) is -0.470. The van der Waals surface area contributed by atoms with Crippen molar-refractivity contribution in [3.63, 3.8) is 0 Å². The minimum atomic E-state index is -0.470. The van der Waals surface area contributed by atoms with Gasteiger partial charge in [-0.2, -0.15) is 0 Å². The Morgan fingerprint density at radius 1 is 0.880 bits per heavy atom. The topological polar surface area (TPSA) is 34.2 Å². The number of halogens is 1. The van der Waals surface area contributed by atoms with Crippen molar-refractivity contribution in [1.29, 1.82) is 0 Å². The third kappa shape index (κ3) is 2.60. The summed E-state index contributed by atoms with van der Waals surface area (Å²) in [6.07, 6.45) is 1.94. The van der Waals surface area contributed by atoms with Gasteiger partial charge in [0.1, 0.15) is 0 Å². The summed E-state index contributed by atoms with van der Waals surface area (Å²) in [4.78, 5) is 3.25. The van der Waals surface area contributed by atoms with Crippen LogP contribution in [-0.4, -0.2) is 23.3 Å². The lowest BCUT2D eigenvalue weighted by Crippen LogP contribution is -2.41. The van der Waals surface area contributed by atoms with Crippen LogP contribution in [0.1, 0.15) is 27.7 Å². The van der Waals surface area contributed by atoms with Gasteiger partial charge in [0.15, 0.2) is 0 Å². The predicted molar refractivity (Wildman–Crippen MR) is 104 cm³/mol. The van der Waals surface area contributed by atoms with Crippen molar-refractivity contribution in [2.45, 2.75) is 38.9 Å². The normalized spacial score (nSPS) is 18.8. The Hall–Kier alpha value is -1.75. The molecule has 0 amide bonds. The second-order valence-electron chi connectivity index (χ2n) is 7.54. The molecule has 2 heterocycles. The minimum absolute atomic E-state index is 0.391. The van der Waals surface area contributed by atoms with E-state index in [1.54, 1.807) is 0 Å². The van der Waals surface area contributed by atoms with E-state index in [0.717, 1.165) is 27.5 Å². The lowest BCUT2D eigenvalue weighted by Gasteiger charge is -2.32. The SMILES string of the molecule is CC1(C)OB(c2cccc(-c3cccc4[nH]ccc34)c2Cl)OC1(C)C. The van der Waals surface area contributed by atoms with Gasteiger partial charge in [0.05, 0.1) is 11.2 Å². The molecule has 1 aliphatic rings. The minimum Gasteiger partial charge on any atom is -0.399 e. The molecule has 3 aromatic rings. The van der Waals surface area contributed by atoms with Crippen LogP contribution in [0.5, 0.6) is 0 Å². The zero-order chi connectivity index (χ0) is 17.8. The first kappa shape index (κ1) is 16.7. The molecule has 1 aromatic heterocycles. The number of hydrogen-bond acceptors (Lipinski definition) is 2. The molecular formula is C20H21BClNO2. The average molecular weight is 354 g/mol. The summed E-state index contributed by atoms with van der Waals surface area (Å²) < 4.78 is 12.4. The molecule has 2 aromatic carbocycles. The van der Waals surface area contributed by atoms with Gasteiger partial charge in [0, 0.05) is 33.1 Å². The monoisotopic (exact) mass is 353 g/mol. The predicted octanol–water partition coefficient (Wildman–Crippen LogP) is 4.79. The van der Waals surface area contributed by atoms with E-state index in [1.165, 1.54) is 0 Å². The molecule has 1 N–H and O–H groups in total. The zero-order valence-corrected chi connectivity index (χ0v) is 15.6. The van der Waals surface area contributed by atoms with Crippen LogP contribution in [-0.2, 0) is 9.31 Å². The molecule has 4 rings (SSSR count). The lowest BCUT2D eigenvalue weighted by molar-refractivity contribution is 0.00578. The van der Waals surface area contributed by atoms with Gasteiger partial charge in [-0.25, -0.2) is 0 Å². The van der Waals surface area contributed by atoms with E-state index in [-0.39, 0.29) is 0 Å². The first-order valence-electron chi connectivity index (χ1n) is 8.51. The molecule has 0 bridgehead atoms. The van der Waals surface area contributed by atoms with Crippen molar-refractivity contribution >= 4 is 35.1 Å². The van der Waals surface area contributed by atoms with E-state index in [1.807, 2.05) is 58.2 Å². The Morgan fingerprint density at radius 3 is 2.24 bits per heavy atom. The molecule has 0 unspecified atom stereocenters.